The van der Waals surface area contributed by atoms with E-state index in [-0.39, 0.29) is 11.6 Å². The van der Waals surface area contributed by atoms with E-state index in [1.807, 2.05) is 24.3 Å². The second kappa shape index (κ2) is 3.27. The highest BCUT2D eigenvalue weighted by atomic mass is 16.1. The first kappa shape index (κ1) is 9.28. The Morgan fingerprint density at radius 2 is 1.75 bits per heavy atom. The molecule has 0 amide bonds. The van der Waals surface area contributed by atoms with Crippen LogP contribution in [0.15, 0.2) is 42.0 Å². The maximum atomic E-state index is 11.9. The first-order valence-corrected chi connectivity index (χ1v) is 5.31. The summed E-state index contributed by atoms with van der Waals surface area (Å²) in [5.74, 6) is 0.195. The Balaban J connectivity index is 2.25. The molecule has 0 heterocycles. The highest BCUT2D eigenvalue weighted by Gasteiger charge is 2.26. The van der Waals surface area contributed by atoms with E-state index in [0.717, 1.165) is 22.3 Å². The van der Waals surface area contributed by atoms with Crippen LogP contribution in [0.3, 0.4) is 0 Å². The van der Waals surface area contributed by atoms with Gasteiger partial charge in [-0.25, -0.2) is 0 Å². The first-order chi connectivity index (χ1) is 7.75. The molecule has 16 heavy (non-hydrogen) atoms. The van der Waals surface area contributed by atoms with Crippen molar-refractivity contribution in [3.05, 3.63) is 53.1 Å². The summed E-state index contributed by atoms with van der Waals surface area (Å²) < 4.78 is 0. The van der Waals surface area contributed by atoms with Gasteiger partial charge in [0.1, 0.15) is 0 Å². The van der Waals surface area contributed by atoms with Gasteiger partial charge >= 0.3 is 0 Å². The molecule has 0 fully saturated rings. The summed E-state index contributed by atoms with van der Waals surface area (Å²) >= 11 is 0. The zero-order valence-electron chi connectivity index (χ0n) is 8.69. The van der Waals surface area contributed by atoms with E-state index in [2.05, 4.69) is 0 Å². The van der Waals surface area contributed by atoms with E-state index in [0.29, 0.717) is 12.8 Å². The molecule has 0 spiro atoms. The molecule has 0 N–H and O–H groups in total. The van der Waals surface area contributed by atoms with Crippen LogP contribution in [0.4, 0.5) is 0 Å². The molecule has 1 aromatic carbocycles. The van der Waals surface area contributed by atoms with E-state index >= 15 is 0 Å². The normalized spacial score (nSPS) is 18.5. The van der Waals surface area contributed by atoms with Crippen molar-refractivity contribution >= 4 is 17.1 Å². The molecule has 2 nitrogen and oxygen atoms in total. The Labute approximate surface area is 93.3 Å². The van der Waals surface area contributed by atoms with Crippen molar-refractivity contribution in [1.29, 1.82) is 0 Å². The van der Waals surface area contributed by atoms with Gasteiger partial charge in [0.2, 0.25) is 0 Å². The molecule has 0 unspecified atom stereocenters. The number of hydrogen-bond acceptors (Lipinski definition) is 2. The highest BCUT2D eigenvalue weighted by Crippen LogP contribution is 2.34. The SMILES string of the molecule is O=C1C=CC2=C(C1)c1ccccc1CC2=O. The molecule has 3 rings (SSSR count). The zero-order chi connectivity index (χ0) is 11.1. The molecule has 2 aliphatic rings. The summed E-state index contributed by atoms with van der Waals surface area (Å²) in [5, 5.41) is 0. The van der Waals surface area contributed by atoms with E-state index < -0.39 is 0 Å². The van der Waals surface area contributed by atoms with Crippen LogP contribution >= 0.6 is 0 Å². The molecule has 0 aliphatic heterocycles. The van der Waals surface area contributed by atoms with Crippen molar-refractivity contribution in [2.45, 2.75) is 12.8 Å². The van der Waals surface area contributed by atoms with E-state index in [1.54, 1.807) is 6.08 Å². The minimum atomic E-state index is 0.0725. The van der Waals surface area contributed by atoms with Crippen LogP contribution in [0, 0.1) is 0 Å². The Kier molecular flexibility index (Phi) is 1.90. The summed E-state index contributed by atoms with van der Waals surface area (Å²) in [6, 6.07) is 7.82. The van der Waals surface area contributed by atoms with Crippen LogP contribution in [0.1, 0.15) is 17.5 Å². The average Bonchev–Trinajstić information content (AvgIpc) is 2.29. The van der Waals surface area contributed by atoms with Crippen molar-refractivity contribution < 1.29 is 9.59 Å². The summed E-state index contributed by atoms with van der Waals surface area (Å²) in [5.41, 5.74) is 3.72. The average molecular weight is 210 g/mol. The van der Waals surface area contributed by atoms with Gasteiger partial charge in [0.25, 0.3) is 0 Å². The number of benzene rings is 1. The second-order valence-corrected chi connectivity index (χ2v) is 4.13. The lowest BCUT2D eigenvalue weighted by Gasteiger charge is -2.22. The largest absolute Gasteiger partial charge is 0.294 e. The van der Waals surface area contributed by atoms with Gasteiger partial charge in [0.05, 0.1) is 0 Å². The van der Waals surface area contributed by atoms with Crippen LogP contribution in [0.25, 0.3) is 5.57 Å². The molecule has 0 aromatic heterocycles. The fourth-order valence-corrected chi connectivity index (χ4v) is 2.34. The Morgan fingerprint density at radius 1 is 0.938 bits per heavy atom. The van der Waals surface area contributed by atoms with Gasteiger partial charge in [0.15, 0.2) is 11.6 Å². The number of carbonyl (C=O) groups excluding carboxylic acids is 2. The Morgan fingerprint density at radius 3 is 2.62 bits per heavy atom. The topological polar surface area (TPSA) is 34.1 Å². The second-order valence-electron chi connectivity index (χ2n) is 4.13. The summed E-state index contributed by atoms with van der Waals surface area (Å²) in [4.78, 5) is 23.3. The van der Waals surface area contributed by atoms with E-state index in [4.69, 9.17) is 0 Å². The van der Waals surface area contributed by atoms with E-state index in [1.165, 1.54) is 6.08 Å². The molecule has 0 atom stereocenters. The van der Waals surface area contributed by atoms with Gasteiger partial charge in [-0.1, -0.05) is 24.3 Å². The molecular weight excluding hydrogens is 200 g/mol. The highest BCUT2D eigenvalue weighted by molar-refractivity contribution is 6.15. The van der Waals surface area contributed by atoms with Gasteiger partial charge in [-0.05, 0) is 28.9 Å². The lowest BCUT2D eigenvalue weighted by atomic mass is 9.80. The lowest BCUT2D eigenvalue weighted by Crippen LogP contribution is -2.18. The van der Waals surface area contributed by atoms with Crippen LogP contribution in [0.2, 0.25) is 0 Å². The molecule has 0 radical (unpaired) electrons. The third kappa shape index (κ3) is 1.27. The number of allylic oxidation sites excluding steroid dienone is 4. The van der Waals surface area contributed by atoms with Gasteiger partial charge in [-0.15, -0.1) is 0 Å². The molecule has 2 heteroatoms. The smallest absolute Gasteiger partial charge is 0.167 e. The van der Waals surface area contributed by atoms with Crippen LogP contribution in [-0.4, -0.2) is 11.6 Å². The maximum absolute atomic E-state index is 11.9. The molecule has 1 aromatic rings. The van der Waals surface area contributed by atoms with Crippen molar-refractivity contribution in [3.8, 4) is 0 Å². The fourth-order valence-electron chi connectivity index (χ4n) is 2.34. The quantitative estimate of drug-likeness (QED) is 0.657. The minimum Gasteiger partial charge on any atom is -0.294 e. The summed E-state index contributed by atoms with van der Waals surface area (Å²) in [7, 11) is 0. The number of rotatable bonds is 0. The van der Waals surface area contributed by atoms with Crippen molar-refractivity contribution in [2.24, 2.45) is 0 Å². The number of Topliss-reactive ketones (excluding diaryl/α,β-unsaturated/α-hetero) is 1. The maximum Gasteiger partial charge on any atom is 0.167 e. The van der Waals surface area contributed by atoms with Crippen molar-refractivity contribution in [3.63, 3.8) is 0 Å². The van der Waals surface area contributed by atoms with Gasteiger partial charge < -0.3 is 0 Å². The molecule has 78 valence electrons. The van der Waals surface area contributed by atoms with Crippen molar-refractivity contribution in [2.75, 3.05) is 0 Å². The monoisotopic (exact) mass is 210 g/mol. The predicted molar refractivity (Wildman–Crippen MR) is 60.8 cm³/mol. The molecule has 0 saturated carbocycles. The zero-order valence-corrected chi connectivity index (χ0v) is 8.69. The van der Waals surface area contributed by atoms with Gasteiger partial charge in [-0.3, -0.25) is 9.59 Å². The predicted octanol–water partition coefficient (Wildman–Crippen LogP) is 2.09. The molecule has 2 aliphatic carbocycles. The number of hydrogen-bond donors (Lipinski definition) is 0. The fraction of sp³-hybridized carbons (Fsp3) is 0.143. The van der Waals surface area contributed by atoms with Gasteiger partial charge in [0, 0.05) is 18.4 Å². The van der Waals surface area contributed by atoms with Crippen LogP contribution < -0.4 is 0 Å². The summed E-state index contributed by atoms with van der Waals surface area (Å²) in [6.07, 6.45) is 3.98. The van der Waals surface area contributed by atoms with Crippen LogP contribution in [-0.2, 0) is 16.0 Å². The van der Waals surface area contributed by atoms with E-state index in [9.17, 15) is 9.59 Å². The van der Waals surface area contributed by atoms with Gasteiger partial charge in [-0.2, -0.15) is 0 Å². The molecule has 0 bridgehead atoms. The summed E-state index contributed by atoms with van der Waals surface area (Å²) in [6.45, 7) is 0. The molecule has 0 saturated heterocycles. The minimum absolute atomic E-state index is 0.0725. The number of ketones is 2. The third-order valence-corrected chi connectivity index (χ3v) is 3.11. The standard InChI is InChI=1S/C14H10O2/c15-10-5-6-12-13(8-10)11-4-2-1-3-9(11)7-14(12)16/h1-6H,7-8H2. The van der Waals surface area contributed by atoms with Crippen molar-refractivity contribution in [1.82, 2.24) is 0 Å². The number of carbonyl (C=O) groups is 2. The lowest BCUT2D eigenvalue weighted by molar-refractivity contribution is -0.114. The molecular formula is C14H10O2. The Bertz CT molecular complexity index is 562. The first-order valence-electron chi connectivity index (χ1n) is 5.31. The Hall–Kier alpha value is -1.96. The third-order valence-electron chi connectivity index (χ3n) is 3.11. The number of fused-ring (bicyclic) bond motifs is 2. The van der Waals surface area contributed by atoms with Crippen LogP contribution in [0.5, 0.6) is 0 Å².